The van der Waals surface area contributed by atoms with Crippen LogP contribution in [0.2, 0.25) is 0 Å². The van der Waals surface area contributed by atoms with Crippen LogP contribution in [0.5, 0.6) is 0 Å². The first kappa shape index (κ1) is 18.9. The maximum atomic E-state index is 13.0. The number of hydrogen-bond acceptors (Lipinski definition) is 3. The molecule has 1 fully saturated rings. The zero-order valence-electron chi connectivity index (χ0n) is 16.2. The van der Waals surface area contributed by atoms with Gasteiger partial charge in [-0.25, -0.2) is 0 Å². The molecule has 0 spiro atoms. The minimum Gasteiger partial charge on any atom is -0.348 e. The van der Waals surface area contributed by atoms with Crippen LogP contribution in [0.25, 0.3) is 11.1 Å². The molecule has 1 atom stereocenters. The zero-order valence-corrected chi connectivity index (χ0v) is 16.2. The molecule has 0 aromatic heterocycles. The van der Waals surface area contributed by atoms with Gasteiger partial charge in [-0.3, -0.25) is 9.69 Å². The average Bonchev–Trinajstić information content (AvgIpc) is 3.21. The van der Waals surface area contributed by atoms with Gasteiger partial charge in [0.2, 0.25) is 0 Å². The molecular formula is C25H23N3O. The summed E-state index contributed by atoms with van der Waals surface area (Å²) in [6.45, 7) is 2.72. The van der Waals surface area contributed by atoms with Crippen molar-refractivity contribution in [3.05, 3.63) is 95.6 Å². The molecule has 3 aromatic carbocycles. The molecule has 1 N–H and O–H groups in total. The van der Waals surface area contributed by atoms with E-state index in [4.69, 9.17) is 0 Å². The van der Waals surface area contributed by atoms with E-state index in [0.29, 0.717) is 11.1 Å². The van der Waals surface area contributed by atoms with Crippen molar-refractivity contribution in [3.63, 3.8) is 0 Å². The Morgan fingerprint density at radius 2 is 1.66 bits per heavy atom. The van der Waals surface area contributed by atoms with Gasteiger partial charge in [0, 0.05) is 36.8 Å². The van der Waals surface area contributed by atoms with Crippen LogP contribution in [0, 0.1) is 11.3 Å². The number of benzene rings is 3. The summed E-state index contributed by atoms with van der Waals surface area (Å²) in [5.41, 5.74) is 4.05. The van der Waals surface area contributed by atoms with Crippen molar-refractivity contribution in [1.82, 2.24) is 10.2 Å². The fraction of sp³-hybridized carbons (Fsp3) is 0.200. The number of nitrogens with zero attached hydrogens (tertiary/aromatic N) is 2. The lowest BCUT2D eigenvalue weighted by Gasteiger charge is -2.18. The molecule has 0 radical (unpaired) electrons. The highest BCUT2D eigenvalue weighted by Gasteiger charge is 2.25. The summed E-state index contributed by atoms with van der Waals surface area (Å²) in [5.74, 6) is -0.0834. The predicted octanol–water partition coefficient (Wildman–Crippen LogP) is 4.23. The maximum absolute atomic E-state index is 13.0. The third kappa shape index (κ3) is 4.37. The van der Waals surface area contributed by atoms with Crippen LogP contribution >= 0.6 is 0 Å². The topological polar surface area (TPSA) is 56.1 Å². The van der Waals surface area contributed by atoms with Crippen molar-refractivity contribution >= 4 is 5.91 Å². The van der Waals surface area contributed by atoms with E-state index in [9.17, 15) is 10.1 Å². The average molecular weight is 381 g/mol. The summed E-state index contributed by atoms with van der Waals surface area (Å²) in [5, 5.41) is 12.6. The van der Waals surface area contributed by atoms with Gasteiger partial charge in [-0.1, -0.05) is 66.7 Å². The Balaban J connectivity index is 1.47. The summed E-state index contributed by atoms with van der Waals surface area (Å²) in [6, 6.07) is 27.7. The molecule has 0 saturated carbocycles. The molecule has 4 rings (SSSR count). The maximum Gasteiger partial charge on any atom is 0.252 e. The Labute approximate surface area is 171 Å². The monoisotopic (exact) mass is 381 g/mol. The van der Waals surface area contributed by atoms with Crippen molar-refractivity contribution in [3.8, 4) is 17.2 Å². The number of nitrogens with one attached hydrogen (secondary N) is 1. The van der Waals surface area contributed by atoms with E-state index in [0.717, 1.165) is 37.2 Å². The molecule has 3 aromatic rings. The number of amides is 1. The zero-order chi connectivity index (χ0) is 20.1. The smallest absolute Gasteiger partial charge is 0.252 e. The summed E-state index contributed by atoms with van der Waals surface area (Å²) in [7, 11) is 0. The molecule has 4 nitrogen and oxygen atoms in total. The second-order valence-electron chi connectivity index (χ2n) is 7.38. The first-order chi connectivity index (χ1) is 14.2. The van der Waals surface area contributed by atoms with Gasteiger partial charge in [-0.05, 0) is 29.7 Å². The molecule has 0 unspecified atom stereocenters. The van der Waals surface area contributed by atoms with Gasteiger partial charge in [0.25, 0.3) is 5.91 Å². The molecule has 1 saturated heterocycles. The Bertz CT molecular complexity index is 1040. The van der Waals surface area contributed by atoms with E-state index in [1.54, 1.807) is 6.07 Å². The fourth-order valence-electron chi connectivity index (χ4n) is 3.93. The van der Waals surface area contributed by atoms with E-state index in [-0.39, 0.29) is 11.9 Å². The number of rotatable bonds is 5. The quantitative estimate of drug-likeness (QED) is 0.720. The lowest BCUT2D eigenvalue weighted by molar-refractivity contribution is 0.0938. The van der Waals surface area contributed by atoms with Crippen LogP contribution in [0.15, 0.2) is 78.9 Å². The van der Waals surface area contributed by atoms with E-state index in [2.05, 4.69) is 40.6 Å². The molecule has 1 amide bonds. The Morgan fingerprint density at radius 3 is 2.45 bits per heavy atom. The third-order valence-corrected chi connectivity index (χ3v) is 5.37. The summed E-state index contributed by atoms with van der Waals surface area (Å²) in [6.07, 6.45) is 0.940. The first-order valence-electron chi connectivity index (χ1n) is 9.90. The molecule has 1 aliphatic rings. The Morgan fingerprint density at radius 1 is 0.966 bits per heavy atom. The minimum absolute atomic E-state index is 0.0834. The van der Waals surface area contributed by atoms with E-state index in [1.807, 2.05) is 48.5 Å². The van der Waals surface area contributed by atoms with Gasteiger partial charge in [0.05, 0.1) is 11.6 Å². The van der Waals surface area contributed by atoms with Crippen molar-refractivity contribution in [2.24, 2.45) is 0 Å². The molecule has 0 bridgehead atoms. The summed E-state index contributed by atoms with van der Waals surface area (Å²) in [4.78, 5) is 15.4. The minimum atomic E-state index is -0.0834. The highest BCUT2D eigenvalue weighted by atomic mass is 16.1. The van der Waals surface area contributed by atoms with Gasteiger partial charge in [0.15, 0.2) is 0 Å². The van der Waals surface area contributed by atoms with E-state index < -0.39 is 0 Å². The highest BCUT2D eigenvalue weighted by Crippen LogP contribution is 2.27. The second-order valence-corrected chi connectivity index (χ2v) is 7.38. The lowest BCUT2D eigenvalue weighted by atomic mass is 9.95. The lowest BCUT2D eigenvalue weighted by Crippen LogP contribution is -2.37. The van der Waals surface area contributed by atoms with Gasteiger partial charge in [-0.15, -0.1) is 0 Å². The molecule has 1 aliphatic heterocycles. The third-order valence-electron chi connectivity index (χ3n) is 5.37. The molecule has 29 heavy (non-hydrogen) atoms. The second kappa shape index (κ2) is 8.72. The fourth-order valence-corrected chi connectivity index (χ4v) is 3.93. The van der Waals surface area contributed by atoms with Gasteiger partial charge < -0.3 is 5.32 Å². The summed E-state index contributed by atoms with van der Waals surface area (Å²) >= 11 is 0. The molecule has 1 heterocycles. The molecule has 144 valence electrons. The van der Waals surface area contributed by atoms with Gasteiger partial charge in [0.1, 0.15) is 0 Å². The van der Waals surface area contributed by atoms with Crippen molar-refractivity contribution < 1.29 is 4.79 Å². The van der Waals surface area contributed by atoms with Gasteiger partial charge in [-0.2, -0.15) is 5.26 Å². The van der Waals surface area contributed by atoms with Crippen molar-refractivity contribution in [2.45, 2.75) is 19.0 Å². The number of carbonyl (C=O) groups is 1. The molecular weight excluding hydrogens is 358 g/mol. The predicted molar refractivity (Wildman–Crippen MR) is 114 cm³/mol. The summed E-state index contributed by atoms with van der Waals surface area (Å²) < 4.78 is 0. The number of hydrogen-bond donors (Lipinski definition) is 1. The van der Waals surface area contributed by atoms with Crippen LogP contribution < -0.4 is 5.32 Å². The largest absolute Gasteiger partial charge is 0.348 e. The van der Waals surface area contributed by atoms with Crippen molar-refractivity contribution in [2.75, 3.05) is 13.1 Å². The number of nitriles is 1. The number of carbonyl (C=O) groups excluding carboxylic acids is 1. The van der Waals surface area contributed by atoms with Crippen LogP contribution in [0.4, 0.5) is 0 Å². The van der Waals surface area contributed by atoms with E-state index >= 15 is 0 Å². The normalized spacial score (nSPS) is 16.3. The van der Waals surface area contributed by atoms with E-state index in [1.165, 1.54) is 5.56 Å². The van der Waals surface area contributed by atoms with Crippen LogP contribution in [0.1, 0.15) is 27.9 Å². The Hall–Kier alpha value is -3.42. The van der Waals surface area contributed by atoms with Crippen LogP contribution in [-0.4, -0.2) is 29.9 Å². The highest BCUT2D eigenvalue weighted by molar-refractivity contribution is 6.01. The Kier molecular flexibility index (Phi) is 5.69. The van der Waals surface area contributed by atoms with Crippen LogP contribution in [0.3, 0.4) is 0 Å². The molecule has 4 heteroatoms. The van der Waals surface area contributed by atoms with Crippen LogP contribution in [-0.2, 0) is 6.54 Å². The van der Waals surface area contributed by atoms with Crippen molar-refractivity contribution in [1.29, 1.82) is 5.26 Å². The SMILES string of the molecule is N#Cc1ccccc1-c1ccccc1C(=O)N[C@@H]1CCN(Cc2ccccc2)C1. The first-order valence-corrected chi connectivity index (χ1v) is 9.90. The number of likely N-dealkylation sites (tertiary alicyclic amines) is 1. The van der Waals surface area contributed by atoms with Gasteiger partial charge >= 0.3 is 0 Å². The standard InChI is InChI=1S/C25H23N3O/c26-16-20-10-4-5-11-22(20)23-12-6-7-13-24(23)25(29)27-21-14-15-28(18-21)17-19-8-2-1-3-9-19/h1-13,21H,14-15,17-18H2,(H,27,29)/t21-/m1/s1. The molecule has 0 aliphatic carbocycles.